The molecule has 7 N–H and O–H groups in total. The molecule has 0 saturated carbocycles. The number of carbonyl (C=O) groups is 1. The van der Waals surface area contributed by atoms with E-state index >= 15 is 0 Å². The van der Waals surface area contributed by atoms with Crippen LogP contribution >= 0.6 is 0 Å². The standard InChI is InChI=1S/C6H10N6O/c7-11-5-2-1-4(3-10-5)6(13)12(8)9/h1-3H,7-9H2,(H,10,11). The number of nitrogens with two attached hydrogens (primary N) is 3. The van der Waals surface area contributed by atoms with Crippen molar-refractivity contribution >= 4 is 11.7 Å². The van der Waals surface area contributed by atoms with Gasteiger partial charge in [-0.3, -0.25) is 4.79 Å². The van der Waals surface area contributed by atoms with Crippen molar-refractivity contribution in [3.8, 4) is 0 Å². The molecular formula is C6H10N6O. The van der Waals surface area contributed by atoms with Crippen LogP contribution in [0.1, 0.15) is 10.4 Å². The van der Waals surface area contributed by atoms with Gasteiger partial charge in [0.1, 0.15) is 5.82 Å². The van der Waals surface area contributed by atoms with Crippen LogP contribution in [0.25, 0.3) is 0 Å². The average Bonchev–Trinajstić information content (AvgIpc) is 2.17. The maximum atomic E-state index is 11.1. The summed E-state index contributed by atoms with van der Waals surface area (Å²) < 4.78 is 0. The first kappa shape index (κ1) is 9.39. The lowest BCUT2D eigenvalue weighted by molar-refractivity contribution is 0.0755. The van der Waals surface area contributed by atoms with Gasteiger partial charge in [0.15, 0.2) is 0 Å². The molecule has 13 heavy (non-hydrogen) atoms. The lowest BCUT2D eigenvalue weighted by Crippen LogP contribution is -2.43. The van der Waals surface area contributed by atoms with E-state index in [2.05, 4.69) is 10.4 Å². The van der Waals surface area contributed by atoms with E-state index in [0.717, 1.165) is 0 Å². The highest BCUT2D eigenvalue weighted by Gasteiger charge is 2.08. The summed E-state index contributed by atoms with van der Waals surface area (Å²) in [7, 11) is 0. The van der Waals surface area contributed by atoms with E-state index in [9.17, 15) is 4.79 Å². The Kier molecular flexibility index (Phi) is 2.75. The molecule has 70 valence electrons. The second-order valence-electron chi connectivity index (χ2n) is 2.29. The summed E-state index contributed by atoms with van der Waals surface area (Å²) in [6, 6.07) is 3.05. The second-order valence-corrected chi connectivity index (χ2v) is 2.29. The van der Waals surface area contributed by atoms with Crippen LogP contribution in [-0.2, 0) is 0 Å². The Balaban J connectivity index is 2.86. The number of nitrogen functional groups attached to an aromatic ring is 1. The molecule has 0 saturated heterocycles. The lowest BCUT2D eigenvalue weighted by Gasteiger charge is -2.08. The Morgan fingerprint density at radius 1 is 1.46 bits per heavy atom. The first-order valence-electron chi connectivity index (χ1n) is 3.41. The molecule has 0 aliphatic carbocycles. The van der Waals surface area contributed by atoms with Crippen molar-refractivity contribution in [2.24, 2.45) is 17.5 Å². The molecule has 0 aromatic carbocycles. The fraction of sp³-hybridized carbons (Fsp3) is 0. The summed E-state index contributed by atoms with van der Waals surface area (Å²) in [5, 5.41) is 0.493. The van der Waals surface area contributed by atoms with Gasteiger partial charge in [-0.25, -0.2) is 27.6 Å². The number of nitrogens with zero attached hydrogens (tertiary/aromatic N) is 2. The van der Waals surface area contributed by atoms with Crippen LogP contribution < -0.4 is 23.0 Å². The minimum absolute atomic E-state index is 0.295. The molecule has 7 nitrogen and oxygen atoms in total. The van der Waals surface area contributed by atoms with Crippen LogP contribution in [0.4, 0.5) is 5.82 Å². The van der Waals surface area contributed by atoms with E-state index in [-0.39, 0.29) is 0 Å². The molecule has 0 unspecified atom stereocenters. The SMILES string of the molecule is NNc1ccc(C(=O)N(N)N)cn1. The first-order valence-corrected chi connectivity index (χ1v) is 3.41. The number of anilines is 1. The van der Waals surface area contributed by atoms with Gasteiger partial charge < -0.3 is 5.43 Å². The Morgan fingerprint density at radius 2 is 2.15 bits per heavy atom. The maximum absolute atomic E-state index is 11.1. The van der Waals surface area contributed by atoms with E-state index in [0.29, 0.717) is 16.5 Å². The Labute approximate surface area is 74.4 Å². The third kappa shape index (κ3) is 2.12. The minimum Gasteiger partial charge on any atom is -0.308 e. The maximum Gasteiger partial charge on any atom is 0.283 e. The van der Waals surface area contributed by atoms with Crippen LogP contribution in [0.5, 0.6) is 0 Å². The molecule has 7 heteroatoms. The van der Waals surface area contributed by atoms with Crippen molar-refractivity contribution in [3.05, 3.63) is 23.9 Å². The summed E-state index contributed by atoms with van der Waals surface area (Å²) in [6.07, 6.45) is 1.32. The Hall–Kier alpha value is -1.70. The molecule has 0 bridgehead atoms. The van der Waals surface area contributed by atoms with Gasteiger partial charge in [0, 0.05) is 6.20 Å². The van der Waals surface area contributed by atoms with Crippen molar-refractivity contribution in [1.29, 1.82) is 0 Å². The normalized spacial score (nSPS) is 9.46. The predicted molar refractivity (Wildman–Crippen MR) is 46.6 cm³/mol. The molecule has 0 aliphatic rings. The zero-order valence-electron chi connectivity index (χ0n) is 6.77. The van der Waals surface area contributed by atoms with Crippen molar-refractivity contribution in [2.45, 2.75) is 0 Å². The van der Waals surface area contributed by atoms with Crippen molar-refractivity contribution in [2.75, 3.05) is 5.43 Å². The summed E-state index contributed by atoms with van der Waals surface area (Å²) in [5.74, 6) is 15.1. The van der Waals surface area contributed by atoms with E-state index in [1.165, 1.54) is 18.3 Å². The Bertz CT molecular complexity index is 294. The van der Waals surface area contributed by atoms with Gasteiger partial charge in [0.25, 0.3) is 5.91 Å². The van der Waals surface area contributed by atoms with Gasteiger partial charge in [-0.2, -0.15) is 0 Å². The van der Waals surface area contributed by atoms with E-state index < -0.39 is 5.91 Å². The monoisotopic (exact) mass is 182 g/mol. The van der Waals surface area contributed by atoms with Crippen molar-refractivity contribution < 1.29 is 4.79 Å². The Morgan fingerprint density at radius 3 is 2.54 bits per heavy atom. The smallest absolute Gasteiger partial charge is 0.283 e. The highest BCUT2D eigenvalue weighted by Crippen LogP contribution is 2.03. The topological polar surface area (TPSA) is 123 Å². The van der Waals surface area contributed by atoms with E-state index in [1.54, 1.807) is 0 Å². The molecule has 0 atom stereocenters. The summed E-state index contributed by atoms with van der Waals surface area (Å²) in [5.41, 5.74) is 2.62. The lowest BCUT2D eigenvalue weighted by atomic mass is 10.3. The number of hydrazine groups is 3. The van der Waals surface area contributed by atoms with Crippen LogP contribution in [0.2, 0.25) is 0 Å². The molecule has 1 amide bonds. The average molecular weight is 182 g/mol. The van der Waals surface area contributed by atoms with Gasteiger partial charge in [-0.15, -0.1) is 0 Å². The van der Waals surface area contributed by atoms with Crippen LogP contribution in [0.3, 0.4) is 0 Å². The highest BCUT2D eigenvalue weighted by atomic mass is 16.2. The van der Waals surface area contributed by atoms with Crippen LogP contribution in [-0.4, -0.2) is 16.0 Å². The first-order chi connectivity index (χ1) is 6.15. The molecule has 0 aliphatic heterocycles. The molecule has 0 fully saturated rings. The number of hydrogen-bond donors (Lipinski definition) is 4. The van der Waals surface area contributed by atoms with Gasteiger partial charge in [0.2, 0.25) is 0 Å². The number of pyridine rings is 1. The quantitative estimate of drug-likeness (QED) is 0.252. The highest BCUT2D eigenvalue weighted by molar-refractivity contribution is 5.93. The van der Waals surface area contributed by atoms with Gasteiger partial charge in [-0.1, -0.05) is 0 Å². The molecular weight excluding hydrogens is 172 g/mol. The fourth-order valence-corrected chi connectivity index (χ4v) is 0.755. The van der Waals surface area contributed by atoms with Crippen molar-refractivity contribution in [1.82, 2.24) is 10.1 Å². The number of carbonyl (C=O) groups excluding carboxylic acids is 1. The molecule has 1 aromatic heterocycles. The summed E-state index contributed by atoms with van der Waals surface area (Å²) >= 11 is 0. The third-order valence-electron chi connectivity index (χ3n) is 1.39. The summed E-state index contributed by atoms with van der Waals surface area (Å²) in [6.45, 7) is 0. The third-order valence-corrected chi connectivity index (χ3v) is 1.39. The number of nitrogens with one attached hydrogen (secondary N) is 1. The molecule has 1 rings (SSSR count). The molecule has 1 heterocycles. The zero-order chi connectivity index (χ0) is 9.84. The van der Waals surface area contributed by atoms with E-state index in [1.807, 2.05) is 0 Å². The van der Waals surface area contributed by atoms with Gasteiger partial charge in [-0.05, 0) is 12.1 Å². The largest absolute Gasteiger partial charge is 0.308 e. The number of rotatable bonds is 2. The minimum atomic E-state index is -0.518. The molecule has 1 aromatic rings. The molecule has 0 radical (unpaired) electrons. The predicted octanol–water partition coefficient (Wildman–Crippen LogP) is -1.44. The van der Waals surface area contributed by atoms with Gasteiger partial charge >= 0.3 is 0 Å². The fourth-order valence-electron chi connectivity index (χ4n) is 0.755. The number of aromatic nitrogens is 1. The van der Waals surface area contributed by atoms with Crippen LogP contribution in [0.15, 0.2) is 18.3 Å². The number of amides is 1. The summed E-state index contributed by atoms with van der Waals surface area (Å²) in [4.78, 5) is 14.9. The zero-order valence-corrected chi connectivity index (χ0v) is 6.77. The molecule has 0 spiro atoms. The van der Waals surface area contributed by atoms with Crippen molar-refractivity contribution in [3.63, 3.8) is 0 Å². The second kappa shape index (κ2) is 3.81. The number of hydrogen-bond acceptors (Lipinski definition) is 6. The van der Waals surface area contributed by atoms with Crippen LogP contribution in [0, 0.1) is 0 Å². The van der Waals surface area contributed by atoms with Gasteiger partial charge in [0.05, 0.1) is 5.56 Å². The van der Waals surface area contributed by atoms with E-state index in [4.69, 9.17) is 17.5 Å².